The Labute approximate surface area is 138 Å². The summed E-state index contributed by atoms with van der Waals surface area (Å²) < 4.78 is 10.7. The van der Waals surface area contributed by atoms with E-state index in [1.54, 1.807) is 13.3 Å². The number of hydrogen-bond acceptors (Lipinski definition) is 3. The molecule has 1 N–H and O–H groups in total. The van der Waals surface area contributed by atoms with Gasteiger partial charge in [0.15, 0.2) is 6.29 Å². The fourth-order valence-corrected chi connectivity index (χ4v) is 3.63. The van der Waals surface area contributed by atoms with Crippen LogP contribution in [0, 0.1) is 23.7 Å². The van der Waals surface area contributed by atoms with E-state index in [-0.39, 0.29) is 18.5 Å². The molecule has 5 atom stereocenters. The van der Waals surface area contributed by atoms with Gasteiger partial charge in [0.25, 0.3) is 0 Å². The maximum atomic E-state index is 7.57. The number of aliphatic hydroxyl groups excluding tert-OH is 1. The largest absolute Gasteiger partial charge is 0.397 e. The van der Waals surface area contributed by atoms with Crippen molar-refractivity contribution in [3.05, 3.63) is 0 Å². The van der Waals surface area contributed by atoms with E-state index in [0.717, 1.165) is 23.7 Å². The average molecular weight is 317 g/mol. The van der Waals surface area contributed by atoms with Crippen LogP contribution in [0.2, 0.25) is 0 Å². The molecule has 2 bridgehead atoms. The molecule has 5 unspecified atom stereocenters. The summed E-state index contributed by atoms with van der Waals surface area (Å²) >= 11 is 0. The Hall–Kier alpha value is -0.120. The van der Waals surface area contributed by atoms with Crippen LogP contribution >= 0.6 is 0 Å². The molecular formula is C19H40O3. The molecule has 0 saturated heterocycles. The van der Waals surface area contributed by atoms with Crippen LogP contribution in [-0.4, -0.2) is 30.2 Å². The molecule has 0 heterocycles. The predicted octanol–water partition coefficient (Wildman–Crippen LogP) is 4.87. The Morgan fingerprint density at radius 2 is 1.45 bits per heavy atom. The second-order valence-electron chi connectivity index (χ2n) is 7.62. The first kappa shape index (κ1) is 21.9. The van der Waals surface area contributed by atoms with Crippen molar-refractivity contribution in [2.45, 2.75) is 86.5 Å². The van der Waals surface area contributed by atoms with Crippen molar-refractivity contribution in [3.63, 3.8) is 0 Å². The van der Waals surface area contributed by atoms with Crippen molar-refractivity contribution in [2.75, 3.05) is 13.2 Å². The molecule has 0 spiro atoms. The molecule has 2 aliphatic carbocycles. The van der Waals surface area contributed by atoms with Gasteiger partial charge in [-0.3, -0.25) is 0 Å². The van der Waals surface area contributed by atoms with Crippen LogP contribution in [0.5, 0.6) is 0 Å². The van der Waals surface area contributed by atoms with Gasteiger partial charge in [-0.2, -0.15) is 0 Å². The molecule has 3 nitrogen and oxygen atoms in total. The van der Waals surface area contributed by atoms with Crippen molar-refractivity contribution < 1.29 is 14.6 Å². The first-order valence-corrected chi connectivity index (χ1v) is 9.06. The first-order chi connectivity index (χ1) is 10.2. The van der Waals surface area contributed by atoms with Gasteiger partial charge < -0.3 is 14.6 Å². The molecule has 0 amide bonds. The SMILES string of the molecule is CC1C2CCC(C2)C1C.CCO.CCOC(C)OC(C)(C)C. The lowest BCUT2D eigenvalue weighted by Crippen LogP contribution is -2.27. The van der Waals surface area contributed by atoms with Gasteiger partial charge in [0.1, 0.15) is 0 Å². The van der Waals surface area contributed by atoms with Crippen LogP contribution < -0.4 is 0 Å². The normalized spacial score (nSPS) is 31.0. The van der Waals surface area contributed by atoms with Crippen LogP contribution in [0.4, 0.5) is 0 Å². The molecule has 0 aliphatic heterocycles. The lowest BCUT2D eigenvalue weighted by Gasteiger charge is -2.24. The summed E-state index contributed by atoms with van der Waals surface area (Å²) in [4.78, 5) is 0. The molecule has 0 aromatic carbocycles. The van der Waals surface area contributed by atoms with E-state index in [4.69, 9.17) is 14.6 Å². The Morgan fingerprint density at radius 1 is 1.05 bits per heavy atom. The minimum absolute atomic E-state index is 0.0926. The van der Waals surface area contributed by atoms with E-state index in [1.165, 1.54) is 12.8 Å². The maximum absolute atomic E-state index is 7.57. The van der Waals surface area contributed by atoms with E-state index in [2.05, 4.69) is 13.8 Å². The lowest BCUT2D eigenvalue weighted by molar-refractivity contribution is -0.182. The highest BCUT2D eigenvalue weighted by molar-refractivity contribution is 4.92. The molecular weight excluding hydrogens is 276 g/mol. The highest BCUT2D eigenvalue weighted by Crippen LogP contribution is 2.51. The van der Waals surface area contributed by atoms with Gasteiger partial charge >= 0.3 is 0 Å². The molecule has 134 valence electrons. The zero-order valence-corrected chi connectivity index (χ0v) is 16.2. The smallest absolute Gasteiger partial charge is 0.155 e. The van der Waals surface area contributed by atoms with Gasteiger partial charge in [0.05, 0.1) is 5.60 Å². The Morgan fingerprint density at radius 3 is 1.68 bits per heavy atom. The molecule has 3 heteroatoms. The van der Waals surface area contributed by atoms with Gasteiger partial charge in [-0.25, -0.2) is 0 Å². The van der Waals surface area contributed by atoms with E-state index >= 15 is 0 Å². The number of hydrogen-bond donors (Lipinski definition) is 1. The summed E-state index contributed by atoms with van der Waals surface area (Å²) in [7, 11) is 0. The molecule has 2 fully saturated rings. The molecule has 0 aromatic rings. The van der Waals surface area contributed by atoms with Gasteiger partial charge in [-0.1, -0.05) is 13.8 Å². The monoisotopic (exact) mass is 316 g/mol. The molecule has 0 aromatic heterocycles. The van der Waals surface area contributed by atoms with Gasteiger partial charge in [0.2, 0.25) is 0 Å². The summed E-state index contributed by atoms with van der Waals surface area (Å²) in [5, 5.41) is 7.57. The molecule has 0 radical (unpaired) electrons. The predicted molar refractivity (Wildman–Crippen MR) is 93.8 cm³/mol. The minimum atomic E-state index is -0.103. The van der Waals surface area contributed by atoms with Crippen LogP contribution in [0.3, 0.4) is 0 Å². The highest BCUT2D eigenvalue weighted by Gasteiger charge is 2.42. The van der Waals surface area contributed by atoms with Crippen molar-refractivity contribution in [2.24, 2.45) is 23.7 Å². The quantitative estimate of drug-likeness (QED) is 0.755. The minimum Gasteiger partial charge on any atom is -0.397 e. The van der Waals surface area contributed by atoms with E-state index in [0.29, 0.717) is 6.61 Å². The summed E-state index contributed by atoms with van der Waals surface area (Å²) in [5.41, 5.74) is -0.103. The van der Waals surface area contributed by atoms with Gasteiger partial charge in [-0.15, -0.1) is 0 Å². The number of ether oxygens (including phenoxy) is 2. The number of rotatable bonds is 3. The molecule has 2 rings (SSSR count). The number of fused-ring (bicyclic) bond motifs is 2. The molecule has 2 saturated carbocycles. The fraction of sp³-hybridized carbons (Fsp3) is 1.00. The lowest BCUT2D eigenvalue weighted by atomic mass is 9.82. The van der Waals surface area contributed by atoms with E-state index in [1.807, 2.05) is 34.6 Å². The fourth-order valence-electron chi connectivity index (χ4n) is 3.63. The van der Waals surface area contributed by atoms with Gasteiger partial charge in [-0.05, 0) is 84.5 Å². The Balaban J connectivity index is 0.000000341. The third kappa shape index (κ3) is 8.50. The van der Waals surface area contributed by atoms with Crippen LogP contribution in [0.1, 0.15) is 74.7 Å². The molecule has 22 heavy (non-hydrogen) atoms. The van der Waals surface area contributed by atoms with Crippen molar-refractivity contribution >= 4 is 0 Å². The van der Waals surface area contributed by atoms with Crippen molar-refractivity contribution in [1.82, 2.24) is 0 Å². The van der Waals surface area contributed by atoms with Gasteiger partial charge in [0, 0.05) is 13.2 Å². The first-order valence-electron chi connectivity index (χ1n) is 9.06. The third-order valence-electron chi connectivity index (χ3n) is 4.75. The van der Waals surface area contributed by atoms with Crippen LogP contribution in [-0.2, 0) is 9.47 Å². The highest BCUT2D eigenvalue weighted by atomic mass is 16.7. The Bertz CT molecular complexity index is 254. The topological polar surface area (TPSA) is 38.7 Å². The average Bonchev–Trinajstić information content (AvgIpc) is 2.94. The van der Waals surface area contributed by atoms with Crippen LogP contribution in [0.25, 0.3) is 0 Å². The zero-order chi connectivity index (χ0) is 17.3. The summed E-state index contributed by atoms with van der Waals surface area (Å²) in [6.07, 6.45) is 4.54. The van der Waals surface area contributed by atoms with E-state index in [9.17, 15) is 0 Å². The van der Waals surface area contributed by atoms with E-state index < -0.39 is 0 Å². The van der Waals surface area contributed by atoms with Crippen molar-refractivity contribution in [1.29, 1.82) is 0 Å². The standard InChI is InChI=1S/C9H16.C8H18O2.C2H6O/c1-6-7(2)9-4-3-8(6)5-9;1-6-9-7(2)10-8(3,4)5;1-2-3/h6-9H,3-5H2,1-2H3;7H,6H2,1-5H3;3H,2H2,1H3. The van der Waals surface area contributed by atoms with Crippen LogP contribution in [0.15, 0.2) is 0 Å². The zero-order valence-electron chi connectivity index (χ0n) is 16.2. The summed E-state index contributed by atoms with van der Waals surface area (Å²) in [6.45, 7) is 17.4. The molecule has 2 aliphatic rings. The second kappa shape index (κ2) is 10.6. The van der Waals surface area contributed by atoms with Crippen molar-refractivity contribution in [3.8, 4) is 0 Å². The number of aliphatic hydroxyl groups is 1. The second-order valence-corrected chi connectivity index (χ2v) is 7.62. The summed E-state index contributed by atoms with van der Waals surface area (Å²) in [6, 6.07) is 0. The summed E-state index contributed by atoms with van der Waals surface area (Å²) in [5.74, 6) is 4.32. The Kier molecular flexibility index (Phi) is 10.6. The maximum Gasteiger partial charge on any atom is 0.155 e. The third-order valence-corrected chi connectivity index (χ3v) is 4.75.